The van der Waals surface area contributed by atoms with Crippen molar-refractivity contribution in [1.82, 2.24) is 24.7 Å². The molecule has 0 amide bonds. The van der Waals surface area contributed by atoms with Crippen molar-refractivity contribution in [3.05, 3.63) is 65.3 Å². The van der Waals surface area contributed by atoms with Crippen LogP contribution >= 0.6 is 11.6 Å². The molecule has 8 heteroatoms. The predicted octanol–water partition coefficient (Wildman–Crippen LogP) is 3.79. The number of anilines is 2. The normalized spacial score (nSPS) is 10.7. The van der Waals surface area contributed by atoms with Gasteiger partial charge in [0.1, 0.15) is 29.7 Å². The molecule has 0 atom stereocenters. The summed E-state index contributed by atoms with van der Waals surface area (Å²) >= 11 is 6.33. The smallest absolute Gasteiger partial charge is 0.135 e. The molecule has 0 spiro atoms. The highest BCUT2D eigenvalue weighted by atomic mass is 35.5. The van der Waals surface area contributed by atoms with Gasteiger partial charge < -0.3 is 5.32 Å². The second kappa shape index (κ2) is 6.43. The monoisotopic (exact) mass is 361 g/mol. The number of pyridine rings is 1. The van der Waals surface area contributed by atoms with Crippen LogP contribution < -0.4 is 5.32 Å². The molecule has 26 heavy (non-hydrogen) atoms. The summed E-state index contributed by atoms with van der Waals surface area (Å²) in [5.41, 5.74) is 2.61. The topological polar surface area (TPSA) is 92.3 Å². The van der Waals surface area contributed by atoms with Crippen LogP contribution in [0.25, 0.3) is 16.6 Å². The molecule has 0 aliphatic rings. The molecule has 0 aliphatic carbocycles. The Morgan fingerprint density at radius 1 is 1.12 bits per heavy atom. The van der Waals surface area contributed by atoms with Gasteiger partial charge in [-0.05, 0) is 19.1 Å². The maximum atomic E-state index is 9.40. The molecule has 0 radical (unpaired) electrons. The summed E-state index contributed by atoms with van der Waals surface area (Å²) in [6.07, 6.45) is 4.88. The van der Waals surface area contributed by atoms with Gasteiger partial charge in [0.05, 0.1) is 22.3 Å². The van der Waals surface area contributed by atoms with Gasteiger partial charge in [-0.15, -0.1) is 0 Å². The summed E-state index contributed by atoms with van der Waals surface area (Å²) in [5, 5.41) is 18.2. The number of hydrogen-bond donors (Lipinski definition) is 1. The molecule has 0 fully saturated rings. The van der Waals surface area contributed by atoms with E-state index in [1.165, 1.54) is 6.33 Å². The lowest BCUT2D eigenvalue weighted by Crippen LogP contribution is -2.02. The van der Waals surface area contributed by atoms with Crippen molar-refractivity contribution in [2.24, 2.45) is 0 Å². The van der Waals surface area contributed by atoms with Crippen molar-refractivity contribution in [3.63, 3.8) is 0 Å². The number of nitrogens with zero attached hydrogens (tertiary/aromatic N) is 6. The van der Waals surface area contributed by atoms with E-state index < -0.39 is 0 Å². The molecule has 0 bridgehead atoms. The van der Waals surface area contributed by atoms with Gasteiger partial charge in [0.2, 0.25) is 0 Å². The molecule has 1 aromatic carbocycles. The van der Waals surface area contributed by atoms with Gasteiger partial charge in [0, 0.05) is 29.4 Å². The zero-order valence-electron chi connectivity index (χ0n) is 13.7. The van der Waals surface area contributed by atoms with Crippen molar-refractivity contribution in [1.29, 1.82) is 5.26 Å². The van der Waals surface area contributed by atoms with E-state index in [0.717, 1.165) is 16.6 Å². The Labute approximate surface area is 153 Å². The molecule has 0 aliphatic heterocycles. The van der Waals surface area contributed by atoms with Gasteiger partial charge >= 0.3 is 0 Å². The lowest BCUT2D eigenvalue weighted by Gasteiger charge is -2.09. The van der Waals surface area contributed by atoms with E-state index >= 15 is 0 Å². The quantitative estimate of drug-likeness (QED) is 0.596. The van der Waals surface area contributed by atoms with Crippen LogP contribution in [0.3, 0.4) is 0 Å². The maximum absolute atomic E-state index is 9.40. The number of benzene rings is 1. The Balaban J connectivity index is 1.83. The maximum Gasteiger partial charge on any atom is 0.135 e. The number of aryl methyl sites for hydroxylation is 1. The molecule has 0 unspecified atom stereocenters. The highest BCUT2D eigenvalue weighted by Gasteiger charge is 2.14. The fourth-order valence-electron chi connectivity index (χ4n) is 2.64. The third-order valence-electron chi connectivity index (χ3n) is 3.83. The molecule has 0 saturated carbocycles. The molecule has 7 nitrogen and oxygen atoms in total. The Morgan fingerprint density at radius 2 is 1.96 bits per heavy atom. The second-order valence-electron chi connectivity index (χ2n) is 5.60. The Bertz CT molecular complexity index is 1160. The van der Waals surface area contributed by atoms with Gasteiger partial charge in [0.15, 0.2) is 0 Å². The van der Waals surface area contributed by atoms with E-state index in [2.05, 4.69) is 31.4 Å². The number of hydrogen-bond acceptors (Lipinski definition) is 6. The van der Waals surface area contributed by atoms with Crippen LogP contribution in [-0.4, -0.2) is 24.7 Å². The molecule has 1 N–H and O–H groups in total. The van der Waals surface area contributed by atoms with E-state index in [-0.39, 0.29) is 0 Å². The SMILES string of the molecule is Cc1cc(Nc2cc3c(cn2)cnn3-c2c(Cl)cccc2C#N)ncn1. The van der Waals surface area contributed by atoms with Crippen molar-refractivity contribution in [2.45, 2.75) is 6.92 Å². The molecule has 3 heterocycles. The summed E-state index contributed by atoms with van der Waals surface area (Å²) in [6, 6.07) is 11.0. The van der Waals surface area contributed by atoms with Gasteiger partial charge in [-0.3, -0.25) is 0 Å². The highest BCUT2D eigenvalue weighted by Crippen LogP contribution is 2.28. The van der Waals surface area contributed by atoms with Crippen LogP contribution in [0.15, 0.2) is 49.1 Å². The summed E-state index contributed by atoms with van der Waals surface area (Å²) in [6.45, 7) is 1.89. The molecule has 3 aromatic heterocycles. The van der Waals surface area contributed by atoms with E-state index in [1.54, 1.807) is 35.3 Å². The first-order valence-corrected chi connectivity index (χ1v) is 8.12. The van der Waals surface area contributed by atoms with E-state index in [9.17, 15) is 5.26 Å². The van der Waals surface area contributed by atoms with Crippen LogP contribution in [-0.2, 0) is 0 Å². The third kappa shape index (κ3) is 2.83. The summed E-state index contributed by atoms with van der Waals surface area (Å²) in [7, 11) is 0. The minimum absolute atomic E-state index is 0.445. The van der Waals surface area contributed by atoms with Crippen molar-refractivity contribution < 1.29 is 0 Å². The van der Waals surface area contributed by atoms with Crippen LogP contribution in [0.2, 0.25) is 5.02 Å². The third-order valence-corrected chi connectivity index (χ3v) is 4.14. The van der Waals surface area contributed by atoms with Gasteiger partial charge in [-0.1, -0.05) is 17.7 Å². The summed E-state index contributed by atoms with van der Waals surface area (Å²) < 4.78 is 1.65. The van der Waals surface area contributed by atoms with Crippen molar-refractivity contribution in [3.8, 4) is 11.8 Å². The average molecular weight is 362 g/mol. The number of fused-ring (bicyclic) bond motifs is 1. The van der Waals surface area contributed by atoms with E-state index in [0.29, 0.717) is 27.9 Å². The molecule has 4 aromatic rings. The minimum Gasteiger partial charge on any atom is -0.325 e. The Hall–Kier alpha value is -3.50. The van der Waals surface area contributed by atoms with Gasteiger partial charge in [-0.25, -0.2) is 19.6 Å². The van der Waals surface area contributed by atoms with E-state index in [4.69, 9.17) is 11.6 Å². The molecule has 0 saturated heterocycles. The molecule has 126 valence electrons. The number of nitrogens with one attached hydrogen (secondary N) is 1. The highest BCUT2D eigenvalue weighted by molar-refractivity contribution is 6.32. The average Bonchev–Trinajstić information content (AvgIpc) is 3.04. The second-order valence-corrected chi connectivity index (χ2v) is 6.01. The van der Waals surface area contributed by atoms with Crippen LogP contribution in [0.1, 0.15) is 11.3 Å². The summed E-state index contributed by atoms with van der Waals surface area (Å²) in [4.78, 5) is 12.6. The largest absolute Gasteiger partial charge is 0.325 e. The fraction of sp³-hybridized carbons (Fsp3) is 0.0556. The zero-order valence-corrected chi connectivity index (χ0v) is 14.4. The Kier molecular flexibility index (Phi) is 3.95. The number of rotatable bonds is 3. The lowest BCUT2D eigenvalue weighted by atomic mass is 10.2. The number of para-hydroxylation sites is 1. The van der Waals surface area contributed by atoms with Crippen molar-refractivity contribution in [2.75, 3.05) is 5.32 Å². The van der Waals surface area contributed by atoms with Gasteiger partial charge in [-0.2, -0.15) is 10.4 Å². The summed E-state index contributed by atoms with van der Waals surface area (Å²) in [5.74, 6) is 1.24. The van der Waals surface area contributed by atoms with Crippen molar-refractivity contribution >= 4 is 34.1 Å². The molecular weight excluding hydrogens is 350 g/mol. The number of nitriles is 1. The lowest BCUT2D eigenvalue weighted by molar-refractivity contribution is 0.907. The number of aromatic nitrogens is 5. The van der Waals surface area contributed by atoms with Crippen LogP contribution in [0.5, 0.6) is 0 Å². The zero-order chi connectivity index (χ0) is 18.1. The van der Waals surface area contributed by atoms with E-state index in [1.807, 2.05) is 19.1 Å². The molecule has 4 rings (SSSR count). The standard InChI is InChI=1S/C18H12ClN7/c1-11-5-16(23-10-22-11)25-17-6-15-13(8-21-17)9-24-26(15)18-12(7-20)3-2-4-14(18)19/h2-6,8-10H,1H3,(H,21,22,23,25). The van der Waals surface area contributed by atoms with Crippen LogP contribution in [0, 0.1) is 18.3 Å². The van der Waals surface area contributed by atoms with Crippen LogP contribution in [0.4, 0.5) is 11.6 Å². The first-order valence-electron chi connectivity index (χ1n) is 7.74. The fourth-order valence-corrected chi connectivity index (χ4v) is 2.90. The Morgan fingerprint density at radius 3 is 2.77 bits per heavy atom. The van der Waals surface area contributed by atoms with Gasteiger partial charge in [0.25, 0.3) is 0 Å². The molecular formula is C18H12ClN7. The predicted molar refractivity (Wildman–Crippen MR) is 98.6 cm³/mol. The number of halogens is 1. The first-order chi connectivity index (χ1) is 12.7. The first kappa shape index (κ1) is 16.0. The minimum atomic E-state index is 0.445.